The van der Waals surface area contributed by atoms with E-state index in [9.17, 15) is 59.4 Å². The van der Waals surface area contributed by atoms with Gasteiger partial charge in [-0.1, -0.05) is 88.0 Å². The predicted octanol–water partition coefficient (Wildman–Crippen LogP) is 3.46. The first-order valence-corrected chi connectivity index (χ1v) is 18.0. The predicted molar refractivity (Wildman–Crippen MR) is 207 cm³/mol. The lowest BCUT2D eigenvalue weighted by Crippen LogP contribution is -2.25. The second-order valence-electron chi connectivity index (χ2n) is 13.7. The van der Waals surface area contributed by atoms with Crippen LogP contribution in [0.5, 0.6) is 0 Å². The third-order valence-corrected chi connectivity index (χ3v) is 6.61. The van der Waals surface area contributed by atoms with Crippen LogP contribution in [0.1, 0.15) is 128 Å². The summed E-state index contributed by atoms with van der Waals surface area (Å²) in [5.41, 5.74) is -0.591. The molecule has 1 heterocycles. The van der Waals surface area contributed by atoms with Crippen molar-refractivity contribution in [2.45, 2.75) is 124 Å². The molecule has 55 heavy (non-hydrogen) atoms. The minimum absolute atomic E-state index is 0.0816. The van der Waals surface area contributed by atoms with Gasteiger partial charge < -0.3 is 30.6 Å². The van der Waals surface area contributed by atoms with Crippen LogP contribution in [0.3, 0.4) is 0 Å². The molecule has 312 valence electrons. The summed E-state index contributed by atoms with van der Waals surface area (Å²) in [7, 11) is 0. The van der Waals surface area contributed by atoms with Crippen molar-refractivity contribution < 1.29 is 59.4 Å². The van der Waals surface area contributed by atoms with E-state index in [4.69, 9.17) is 0 Å². The number of carbonyl (C=O) groups excluding carboxylic acids is 6. The maximum absolute atomic E-state index is 11.4. The van der Waals surface area contributed by atoms with E-state index in [2.05, 4.69) is 0 Å². The molecular formula is C42H60O12S-6. The summed E-state index contributed by atoms with van der Waals surface area (Å²) in [6.07, 6.45) is 6.45. The third kappa shape index (κ3) is 43.3. The van der Waals surface area contributed by atoms with Crippen LogP contribution in [-0.4, -0.2) is 34.7 Å². The molecule has 13 heteroatoms. The summed E-state index contributed by atoms with van der Waals surface area (Å²) in [6, 6.07) is 3.48. The topological polar surface area (TPSA) is 241 Å². The fourth-order valence-electron chi connectivity index (χ4n) is 2.43. The number of Topliss-reactive ketones (excluding diaryl/α,β-unsaturated/α-hetero) is 1. The molecule has 0 radical (unpaired) electrons. The molecular weight excluding hydrogens is 729 g/mol. The molecule has 0 amide bonds. The van der Waals surface area contributed by atoms with Crippen molar-refractivity contribution in [1.29, 1.82) is 0 Å². The standard InChI is InChI=1S/C11H20O2.C8H8O2S.C7H12O2.C6H10O2.2C5H8O2/c1-10(2,3)8(12)7-9(13)11(4,5)6;1-6(9)5-7(10)8-3-2-4-11-8;1-3-6(8)5-7(9)4-2;1-4(5(2)7)6(3)8;2*1-4(6)3-5(2)7/h7,12H,1-6H3;2-5,10H,1H3;5,8H,3-4H2,1-2H3;7H,1-3H3;2*3,6H,1-2H3/p-6/b8-7-;;6-5-;5-4-;2*4-3-. The fraction of sp³-hybridized carbons (Fsp3) is 0.476. The first-order chi connectivity index (χ1) is 24.8. The maximum atomic E-state index is 11.4. The first-order valence-electron chi connectivity index (χ1n) is 17.1. The van der Waals surface area contributed by atoms with Gasteiger partial charge in [0.05, 0.1) is 0 Å². The Morgan fingerprint density at radius 1 is 0.600 bits per heavy atom. The Morgan fingerprint density at radius 2 is 1.02 bits per heavy atom. The minimum atomic E-state index is -0.457. The van der Waals surface area contributed by atoms with Gasteiger partial charge in [0.2, 0.25) is 0 Å². The summed E-state index contributed by atoms with van der Waals surface area (Å²) >= 11 is 1.34. The summed E-state index contributed by atoms with van der Waals surface area (Å²) in [4.78, 5) is 63.3. The van der Waals surface area contributed by atoms with Crippen molar-refractivity contribution in [2.75, 3.05) is 0 Å². The van der Waals surface area contributed by atoms with Crippen LogP contribution in [0.25, 0.3) is 5.76 Å². The SMILES string of the molecule is CC(=O)/C(C)=C(/C)[O-].CC(=O)/C=C(/C)[O-].CC(=O)/C=C(/C)[O-].CC(=O)C=C([O-])c1cccs1.CC(C)(C)C(=O)/C=C(\[O-])C(C)(C)C.CCC(=O)/C=C(\[O-])CC. The Kier molecular flexibility index (Phi) is 33.7. The number of hydrogen-bond donors (Lipinski definition) is 0. The Balaban J connectivity index is -0.000000185. The summed E-state index contributed by atoms with van der Waals surface area (Å²) in [6.45, 7) is 25.4. The number of thiophene rings is 1. The molecule has 0 atom stereocenters. The minimum Gasteiger partial charge on any atom is -0.876 e. The molecule has 12 nitrogen and oxygen atoms in total. The smallest absolute Gasteiger partial charge is 0.160 e. The molecule has 1 aromatic rings. The van der Waals surface area contributed by atoms with Gasteiger partial charge in [0.15, 0.2) is 34.7 Å². The van der Waals surface area contributed by atoms with Gasteiger partial charge in [0.25, 0.3) is 0 Å². The maximum Gasteiger partial charge on any atom is 0.160 e. The summed E-state index contributed by atoms with van der Waals surface area (Å²) in [5.74, 6) is -1.81. The van der Waals surface area contributed by atoms with Gasteiger partial charge >= 0.3 is 0 Å². The van der Waals surface area contributed by atoms with Crippen LogP contribution in [0, 0.1) is 10.8 Å². The highest BCUT2D eigenvalue weighted by molar-refractivity contribution is 7.11. The molecule has 0 aliphatic carbocycles. The molecule has 0 spiro atoms. The highest BCUT2D eigenvalue weighted by Gasteiger charge is 2.20. The van der Waals surface area contributed by atoms with E-state index in [-0.39, 0.29) is 69.3 Å². The third-order valence-electron chi connectivity index (χ3n) is 5.73. The summed E-state index contributed by atoms with van der Waals surface area (Å²) < 4.78 is 0. The van der Waals surface area contributed by atoms with E-state index in [1.165, 1.54) is 78.9 Å². The monoisotopic (exact) mass is 788 g/mol. The first kappa shape index (κ1) is 59.2. The van der Waals surface area contributed by atoms with Crippen LogP contribution < -0.4 is 30.6 Å². The number of hydrogen-bond acceptors (Lipinski definition) is 13. The van der Waals surface area contributed by atoms with Crippen molar-refractivity contribution >= 4 is 51.8 Å². The van der Waals surface area contributed by atoms with Gasteiger partial charge in [-0.15, -0.1) is 40.1 Å². The van der Waals surface area contributed by atoms with Gasteiger partial charge in [-0.05, 0) is 93.9 Å². The zero-order chi connectivity index (χ0) is 44.9. The number of ketones is 6. The normalized spacial score (nSPS) is 12.4. The van der Waals surface area contributed by atoms with Crippen molar-refractivity contribution in [3.63, 3.8) is 0 Å². The van der Waals surface area contributed by atoms with E-state index in [1.807, 2.05) is 41.5 Å². The quantitative estimate of drug-likeness (QED) is 0.258. The average Bonchev–Trinajstić information content (AvgIpc) is 3.55. The van der Waals surface area contributed by atoms with Gasteiger partial charge in [0, 0.05) is 16.7 Å². The van der Waals surface area contributed by atoms with Crippen molar-refractivity contribution in [2.24, 2.45) is 10.8 Å². The van der Waals surface area contributed by atoms with Crippen LogP contribution in [0.2, 0.25) is 0 Å². The van der Waals surface area contributed by atoms with Crippen LogP contribution in [0.15, 0.2) is 82.3 Å². The molecule has 0 aliphatic heterocycles. The number of rotatable bonds is 9. The van der Waals surface area contributed by atoms with E-state index in [0.29, 0.717) is 23.3 Å². The molecule has 0 N–H and O–H groups in total. The molecule has 0 saturated carbocycles. The lowest BCUT2D eigenvalue weighted by molar-refractivity contribution is -0.322. The molecule has 1 aromatic heterocycles. The molecule has 0 aliphatic rings. The molecule has 1 rings (SSSR count). The Labute approximate surface area is 332 Å². The Morgan fingerprint density at radius 3 is 1.22 bits per heavy atom. The number of allylic oxidation sites excluding steroid dienone is 11. The Hall–Kier alpha value is -5.04. The molecule has 0 unspecified atom stereocenters. The highest BCUT2D eigenvalue weighted by Crippen LogP contribution is 2.23. The second-order valence-corrected chi connectivity index (χ2v) is 14.7. The van der Waals surface area contributed by atoms with Crippen LogP contribution in [0.4, 0.5) is 0 Å². The second kappa shape index (κ2) is 31.3. The fourth-order valence-corrected chi connectivity index (χ4v) is 3.07. The Bertz CT molecular complexity index is 1510. The zero-order valence-electron chi connectivity index (χ0n) is 35.3. The van der Waals surface area contributed by atoms with Crippen molar-refractivity contribution in [3.8, 4) is 0 Å². The van der Waals surface area contributed by atoms with Crippen molar-refractivity contribution in [3.05, 3.63) is 87.1 Å². The van der Waals surface area contributed by atoms with Crippen molar-refractivity contribution in [1.82, 2.24) is 0 Å². The highest BCUT2D eigenvalue weighted by atomic mass is 32.1. The van der Waals surface area contributed by atoms with E-state index < -0.39 is 10.8 Å². The molecule has 0 saturated heterocycles. The largest absolute Gasteiger partial charge is 0.876 e. The van der Waals surface area contributed by atoms with Gasteiger partial charge in [-0.25, -0.2) is 0 Å². The molecule has 0 fully saturated rings. The van der Waals surface area contributed by atoms with Crippen LogP contribution >= 0.6 is 11.3 Å². The molecule has 0 bridgehead atoms. The molecule has 0 aromatic carbocycles. The average molecular weight is 789 g/mol. The van der Waals surface area contributed by atoms with E-state index in [1.54, 1.807) is 31.4 Å². The van der Waals surface area contributed by atoms with Gasteiger partial charge in [0.1, 0.15) is 0 Å². The van der Waals surface area contributed by atoms with E-state index >= 15 is 0 Å². The zero-order valence-corrected chi connectivity index (χ0v) is 36.2. The lowest BCUT2D eigenvalue weighted by atomic mass is 9.87. The lowest BCUT2D eigenvalue weighted by Gasteiger charge is -2.28. The van der Waals surface area contributed by atoms with E-state index in [0.717, 1.165) is 18.2 Å². The number of carbonyl (C=O) groups is 6. The van der Waals surface area contributed by atoms with Gasteiger partial charge in [-0.3, -0.25) is 28.8 Å². The van der Waals surface area contributed by atoms with Gasteiger partial charge in [-0.2, -0.15) is 0 Å². The summed E-state index contributed by atoms with van der Waals surface area (Å²) in [5, 5.41) is 65.1. The van der Waals surface area contributed by atoms with Crippen LogP contribution in [-0.2, 0) is 28.8 Å².